The van der Waals surface area contributed by atoms with Crippen LogP contribution in [0.5, 0.6) is 0 Å². The Bertz CT molecular complexity index is 750. The molecular weight excluding hydrogens is 330 g/mol. The molecule has 0 aromatic heterocycles. The highest BCUT2D eigenvalue weighted by Gasteiger charge is 2.32. The first kappa shape index (κ1) is 16.5. The number of carbonyl (C=O) groups excluding carboxylic acids is 1. The van der Waals surface area contributed by atoms with Crippen molar-refractivity contribution in [1.82, 2.24) is 10.2 Å². The van der Waals surface area contributed by atoms with Crippen molar-refractivity contribution in [2.24, 2.45) is 5.92 Å². The molecule has 0 radical (unpaired) electrons. The molecule has 2 bridgehead atoms. The van der Waals surface area contributed by atoms with Gasteiger partial charge in [0.2, 0.25) is 0 Å². The van der Waals surface area contributed by atoms with Crippen LogP contribution in [-0.4, -0.2) is 36.5 Å². The topological polar surface area (TPSA) is 58.4 Å². The minimum absolute atomic E-state index is 0.0308. The molecule has 2 fully saturated rings. The van der Waals surface area contributed by atoms with E-state index in [2.05, 4.69) is 10.2 Å². The van der Waals surface area contributed by atoms with E-state index in [1.165, 1.54) is 19.5 Å². The minimum Gasteiger partial charge on any atom is -0.398 e. The van der Waals surface area contributed by atoms with Crippen molar-refractivity contribution in [2.75, 3.05) is 25.4 Å². The highest BCUT2D eigenvalue weighted by Crippen LogP contribution is 2.32. The number of nitrogens with one attached hydrogen (secondary N) is 1. The van der Waals surface area contributed by atoms with Gasteiger partial charge in [0.25, 0.3) is 5.91 Å². The lowest BCUT2D eigenvalue weighted by molar-refractivity contribution is 0.0909. The number of nitrogen functional groups attached to an aromatic ring is 1. The number of benzene rings is 2. The summed E-state index contributed by atoms with van der Waals surface area (Å²) in [6.45, 7) is 3.38. The Kier molecular flexibility index (Phi) is 4.68. The number of nitrogens with zero attached hydrogens (tertiary/aromatic N) is 1. The quantitative estimate of drug-likeness (QED) is 0.829. The standard InChI is InChI=1S/C20H23N3OS/c21-18-3-1-2-4-19(18)25-17-7-5-15(6-8-17)20(24)22-16-11-14-9-10-23(12-14)13-16/h1-8,14,16H,9-13,21H2,(H,22,24)/t14-,16+/m0/s1. The molecule has 1 unspecified atom stereocenters. The summed E-state index contributed by atoms with van der Waals surface area (Å²) in [5, 5.41) is 3.21. The van der Waals surface area contributed by atoms with Gasteiger partial charge in [0, 0.05) is 40.2 Å². The Hall–Kier alpha value is -1.98. The summed E-state index contributed by atoms with van der Waals surface area (Å²) >= 11 is 1.62. The molecule has 3 atom stereocenters. The van der Waals surface area contributed by atoms with Crippen molar-refractivity contribution in [3.05, 3.63) is 54.1 Å². The van der Waals surface area contributed by atoms with Crippen LogP contribution in [0, 0.1) is 5.92 Å². The number of rotatable bonds is 4. The smallest absolute Gasteiger partial charge is 0.251 e. The van der Waals surface area contributed by atoms with Crippen molar-refractivity contribution in [1.29, 1.82) is 0 Å². The van der Waals surface area contributed by atoms with Crippen molar-refractivity contribution in [3.8, 4) is 0 Å². The number of amides is 1. The van der Waals surface area contributed by atoms with E-state index in [-0.39, 0.29) is 11.9 Å². The largest absolute Gasteiger partial charge is 0.398 e. The molecule has 130 valence electrons. The SMILES string of the molecule is Nc1ccccc1Sc1ccc(C(=O)N[C@@H]2C[C@@H]3CCN(C3)C2)cc1. The van der Waals surface area contributed by atoms with Crippen LogP contribution in [0.15, 0.2) is 58.3 Å². The van der Waals surface area contributed by atoms with Gasteiger partial charge in [-0.15, -0.1) is 0 Å². The van der Waals surface area contributed by atoms with Gasteiger partial charge in [0.05, 0.1) is 0 Å². The number of carbonyl (C=O) groups is 1. The fourth-order valence-electron chi connectivity index (χ4n) is 3.81. The molecule has 4 nitrogen and oxygen atoms in total. The van der Waals surface area contributed by atoms with Gasteiger partial charge in [-0.05, 0) is 61.7 Å². The first-order valence-corrected chi connectivity index (χ1v) is 9.64. The van der Waals surface area contributed by atoms with E-state index >= 15 is 0 Å². The number of piperidine rings is 1. The summed E-state index contributed by atoms with van der Waals surface area (Å²) in [4.78, 5) is 17.1. The van der Waals surface area contributed by atoms with Gasteiger partial charge in [0.15, 0.2) is 0 Å². The zero-order valence-corrected chi connectivity index (χ0v) is 15.0. The molecule has 5 heteroatoms. The number of hydrogen-bond acceptors (Lipinski definition) is 4. The third-order valence-electron chi connectivity index (χ3n) is 5.06. The van der Waals surface area contributed by atoms with Gasteiger partial charge >= 0.3 is 0 Å². The maximum atomic E-state index is 12.5. The molecule has 2 aliphatic heterocycles. The third kappa shape index (κ3) is 3.83. The van der Waals surface area contributed by atoms with Crippen LogP contribution in [0.2, 0.25) is 0 Å². The average molecular weight is 353 g/mol. The maximum Gasteiger partial charge on any atom is 0.251 e. The van der Waals surface area contributed by atoms with Crippen LogP contribution < -0.4 is 11.1 Å². The van der Waals surface area contributed by atoms with Crippen LogP contribution >= 0.6 is 11.8 Å². The number of hydrogen-bond donors (Lipinski definition) is 2. The normalized spacial score (nSPS) is 24.9. The molecular formula is C20H23N3OS. The highest BCUT2D eigenvalue weighted by atomic mass is 32.2. The molecule has 4 rings (SSSR count). The van der Waals surface area contributed by atoms with E-state index in [9.17, 15) is 4.79 Å². The first-order chi connectivity index (χ1) is 12.2. The summed E-state index contributed by atoms with van der Waals surface area (Å²) in [6.07, 6.45) is 2.39. The van der Waals surface area contributed by atoms with Crippen molar-refractivity contribution in [3.63, 3.8) is 0 Å². The second kappa shape index (κ2) is 7.10. The van der Waals surface area contributed by atoms with Crippen LogP contribution in [0.1, 0.15) is 23.2 Å². The Labute approximate surface area is 152 Å². The predicted octanol–water partition coefficient (Wildman–Crippen LogP) is 3.24. The molecule has 25 heavy (non-hydrogen) atoms. The van der Waals surface area contributed by atoms with Crippen LogP contribution in [0.25, 0.3) is 0 Å². The van der Waals surface area contributed by atoms with Gasteiger partial charge in [-0.25, -0.2) is 0 Å². The molecule has 2 saturated heterocycles. The average Bonchev–Trinajstić information content (AvgIpc) is 2.96. The van der Waals surface area contributed by atoms with Crippen molar-refractivity contribution >= 4 is 23.4 Å². The van der Waals surface area contributed by atoms with Crippen LogP contribution in [0.4, 0.5) is 5.69 Å². The first-order valence-electron chi connectivity index (χ1n) is 8.83. The summed E-state index contributed by atoms with van der Waals surface area (Å²) in [6, 6.07) is 15.9. The molecule has 2 aliphatic rings. The molecule has 2 heterocycles. The van der Waals surface area contributed by atoms with E-state index in [1.807, 2.05) is 48.5 Å². The number of fused-ring (bicyclic) bond motifs is 2. The van der Waals surface area contributed by atoms with Gasteiger partial charge in [-0.3, -0.25) is 4.79 Å². The lowest BCUT2D eigenvalue weighted by Gasteiger charge is -2.30. The summed E-state index contributed by atoms with van der Waals surface area (Å²) < 4.78 is 0. The third-order valence-corrected chi connectivity index (χ3v) is 6.16. The fraction of sp³-hybridized carbons (Fsp3) is 0.350. The lowest BCUT2D eigenvalue weighted by atomic mass is 9.96. The van der Waals surface area contributed by atoms with E-state index < -0.39 is 0 Å². The summed E-state index contributed by atoms with van der Waals surface area (Å²) in [7, 11) is 0. The van der Waals surface area contributed by atoms with Gasteiger partial charge in [-0.1, -0.05) is 23.9 Å². The maximum absolute atomic E-state index is 12.5. The summed E-state index contributed by atoms with van der Waals surface area (Å²) in [5.74, 6) is 0.789. The summed E-state index contributed by atoms with van der Waals surface area (Å²) in [5.41, 5.74) is 7.48. The molecule has 0 spiro atoms. The van der Waals surface area contributed by atoms with Gasteiger partial charge in [0.1, 0.15) is 0 Å². The minimum atomic E-state index is 0.0308. The Morgan fingerprint density at radius 3 is 2.68 bits per heavy atom. The molecule has 0 aliphatic carbocycles. The van der Waals surface area contributed by atoms with Crippen molar-refractivity contribution in [2.45, 2.75) is 28.7 Å². The molecule has 2 aromatic carbocycles. The predicted molar refractivity (Wildman–Crippen MR) is 102 cm³/mol. The Morgan fingerprint density at radius 2 is 1.92 bits per heavy atom. The fourth-order valence-corrected chi connectivity index (χ4v) is 4.67. The molecule has 0 saturated carbocycles. The molecule has 2 aromatic rings. The second-order valence-corrected chi connectivity index (χ2v) is 8.10. The van der Waals surface area contributed by atoms with Gasteiger partial charge < -0.3 is 16.0 Å². The number of para-hydroxylation sites is 1. The number of nitrogens with two attached hydrogens (primary N) is 1. The van der Waals surface area contributed by atoms with E-state index in [4.69, 9.17) is 5.73 Å². The van der Waals surface area contributed by atoms with E-state index in [1.54, 1.807) is 11.8 Å². The zero-order chi connectivity index (χ0) is 17.2. The Balaban J connectivity index is 1.38. The molecule has 1 amide bonds. The van der Waals surface area contributed by atoms with Crippen LogP contribution in [0.3, 0.4) is 0 Å². The van der Waals surface area contributed by atoms with Gasteiger partial charge in [-0.2, -0.15) is 0 Å². The second-order valence-electron chi connectivity index (χ2n) is 6.98. The van der Waals surface area contributed by atoms with E-state index in [0.29, 0.717) is 0 Å². The molecule has 3 N–H and O–H groups in total. The Morgan fingerprint density at radius 1 is 1.12 bits per heavy atom. The monoisotopic (exact) mass is 353 g/mol. The van der Waals surface area contributed by atoms with E-state index in [0.717, 1.165) is 39.9 Å². The lowest BCUT2D eigenvalue weighted by Crippen LogP contribution is -2.47. The number of anilines is 1. The van der Waals surface area contributed by atoms with Crippen molar-refractivity contribution < 1.29 is 4.79 Å². The van der Waals surface area contributed by atoms with Crippen LogP contribution in [-0.2, 0) is 0 Å². The zero-order valence-electron chi connectivity index (χ0n) is 14.2. The highest BCUT2D eigenvalue weighted by molar-refractivity contribution is 7.99.